The fraction of sp³-hybridized carbons (Fsp3) is 0.357. The van der Waals surface area contributed by atoms with Crippen LogP contribution in [0.3, 0.4) is 0 Å². The lowest BCUT2D eigenvalue weighted by molar-refractivity contribution is -0.139. The monoisotopic (exact) mass is 318 g/mol. The average molecular weight is 318 g/mol. The van der Waals surface area contributed by atoms with E-state index in [1.54, 1.807) is 6.92 Å². The van der Waals surface area contributed by atoms with Crippen LogP contribution in [0.4, 0.5) is 23.2 Å². The van der Waals surface area contributed by atoms with E-state index in [0.29, 0.717) is 0 Å². The Hall–Kier alpha value is -1.63. The lowest BCUT2D eigenvalue weighted by Crippen LogP contribution is -2.12. The molecule has 1 N–H and O–H groups in total. The number of alkyl halides is 3. The van der Waals surface area contributed by atoms with Gasteiger partial charge in [0.2, 0.25) is 0 Å². The summed E-state index contributed by atoms with van der Waals surface area (Å²) in [6.45, 7) is 5.58. The van der Waals surface area contributed by atoms with E-state index in [0.717, 1.165) is 27.7 Å². The van der Waals surface area contributed by atoms with E-state index in [4.69, 9.17) is 0 Å². The highest BCUT2D eigenvalue weighted by molar-refractivity contribution is 7.11. The van der Waals surface area contributed by atoms with Gasteiger partial charge in [-0.15, -0.1) is 11.3 Å². The Balaban J connectivity index is 2.26. The maximum atomic E-state index is 13.2. The van der Waals surface area contributed by atoms with Gasteiger partial charge < -0.3 is 5.32 Å². The number of hydrogen-bond acceptors (Lipinski definition) is 3. The molecule has 1 aromatic heterocycles. The third kappa shape index (κ3) is 3.53. The number of halogens is 4. The van der Waals surface area contributed by atoms with Crippen LogP contribution in [0.1, 0.15) is 34.1 Å². The van der Waals surface area contributed by atoms with Gasteiger partial charge in [-0.05, 0) is 39.0 Å². The number of nitrogens with zero attached hydrogens (tertiary/aromatic N) is 1. The van der Waals surface area contributed by atoms with Gasteiger partial charge in [-0.1, -0.05) is 0 Å². The molecule has 1 heterocycles. The summed E-state index contributed by atoms with van der Waals surface area (Å²) in [7, 11) is 0. The quantitative estimate of drug-likeness (QED) is 0.797. The largest absolute Gasteiger partial charge is 0.419 e. The molecule has 0 radical (unpaired) electrons. The summed E-state index contributed by atoms with van der Waals surface area (Å²) in [6.07, 6.45) is -4.71. The summed E-state index contributed by atoms with van der Waals surface area (Å²) in [5.41, 5.74) is -0.275. The highest BCUT2D eigenvalue weighted by Crippen LogP contribution is 2.34. The third-order valence-electron chi connectivity index (χ3n) is 3.00. The molecule has 114 valence electrons. The lowest BCUT2D eigenvalue weighted by Gasteiger charge is -2.16. The first-order chi connectivity index (χ1) is 9.68. The summed E-state index contributed by atoms with van der Waals surface area (Å²) < 4.78 is 51.3. The second kappa shape index (κ2) is 5.63. The van der Waals surface area contributed by atoms with Crippen molar-refractivity contribution in [2.45, 2.75) is 33.0 Å². The highest BCUT2D eigenvalue weighted by Gasteiger charge is 2.34. The molecule has 21 heavy (non-hydrogen) atoms. The van der Waals surface area contributed by atoms with Crippen LogP contribution in [0.15, 0.2) is 18.2 Å². The van der Waals surface area contributed by atoms with Crippen molar-refractivity contribution in [2.75, 3.05) is 5.32 Å². The molecular formula is C14H14F4N2S. The molecule has 7 heteroatoms. The van der Waals surface area contributed by atoms with E-state index in [1.165, 1.54) is 17.4 Å². The molecule has 1 atom stereocenters. The van der Waals surface area contributed by atoms with Crippen molar-refractivity contribution in [1.29, 1.82) is 0 Å². The summed E-state index contributed by atoms with van der Waals surface area (Å²) in [5.74, 6) is -1.28. The van der Waals surface area contributed by atoms with Gasteiger partial charge in [-0.2, -0.15) is 13.2 Å². The predicted octanol–water partition coefficient (Wildman–Crippen LogP) is 5.09. The standard InChI is InChI=1S/C14H14F4N2S/c1-7(13-8(2)21-9(3)20-13)19-10-4-5-12(15)11(6-10)14(16,17)18/h4-7,19H,1-3H3. The number of aryl methyl sites for hydroxylation is 2. The van der Waals surface area contributed by atoms with Crippen molar-refractivity contribution in [3.05, 3.63) is 45.2 Å². The molecule has 0 spiro atoms. The first kappa shape index (κ1) is 15.8. The first-order valence-electron chi connectivity index (χ1n) is 6.25. The normalized spacial score (nSPS) is 13.3. The van der Waals surface area contributed by atoms with Crippen LogP contribution >= 0.6 is 11.3 Å². The van der Waals surface area contributed by atoms with E-state index < -0.39 is 17.6 Å². The number of benzene rings is 1. The fourth-order valence-corrected chi connectivity index (χ4v) is 3.01. The molecule has 0 fully saturated rings. The summed E-state index contributed by atoms with van der Waals surface area (Å²) >= 11 is 1.53. The number of anilines is 1. The smallest absolute Gasteiger partial charge is 0.377 e. The molecule has 1 unspecified atom stereocenters. The minimum Gasteiger partial charge on any atom is -0.377 e. The van der Waals surface area contributed by atoms with Crippen molar-refractivity contribution in [1.82, 2.24) is 4.98 Å². The van der Waals surface area contributed by atoms with Crippen LogP contribution in [0.2, 0.25) is 0 Å². The molecule has 2 rings (SSSR count). The number of aromatic nitrogens is 1. The molecule has 1 aromatic carbocycles. The Morgan fingerprint density at radius 1 is 1.24 bits per heavy atom. The van der Waals surface area contributed by atoms with Gasteiger partial charge >= 0.3 is 6.18 Å². The minimum absolute atomic E-state index is 0.210. The summed E-state index contributed by atoms with van der Waals surface area (Å²) in [6, 6.07) is 2.62. The molecular weight excluding hydrogens is 304 g/mol. The zero-order valence-electron chi connectivity index (χ0n) is 11.7. The summed E-state index contributed by atoms with van der Waals surface area (Å²) in [5, 5.41) is 3.82. The maximum absolute atomic E-state index is 13.2. The Morgan fingerprint density at radius 2 is 1.90 bits per heavy atom. The fourth-order valence-electron chi connectivity index (χ4n) is 2.10. The van der Waals surface area contributed by atoms with Crippen LogP contribution in [0.25, 0.3) is 0 Å². The Morgan fingerprint density at radius 3 is 2.43 bits per heavy atom. The molecule has 0 amide bonds. The topological polar surface area (TPSA) is 24.9 Å². The average Bonchev–Trinajstić information content (AvgIpc) is 2.69. The zero-order valence-corrected chi connectivity index (χ0v) is 12.5. The highest BCUT2D eigenvalue weighted by atomic mass is 32.1. The SMILES string of the molecule is Cc1nc(C(C)Nc2ccc(F)c(C(F)(F)F)c2)c(C)s1. The van der Waals surface area contributed by atoms with E-state index >= 15 is 0 Å². The predicted molar refractivity (Wildman–Crippen MR) is 75.0 cm³/mol. The third-order valence-corrected chi connectivity index (χ3v) is 3.91. The number of thiazole rings is 1. The van der Waals surface area contributed by atoms with E-state index in [-0.39, 0.29) is 11.7 Å². The van der Waals surface area contributed by atoms with Crippen molar-refractivity contribution in [3.63, 3.8) is 0 Å². The molecule has 2 aromatic rings. The lowest BCUT2D eigenvalue weighted by atomic mass is 10.1. The zero-order chi connectivity index (χ0) is 15.8. The Bertz CT molecular complexity index is 649. The van der Waals surface area contributed by atoms with Crippen LogP contribution < -0.4 is 5.32 Å². The number of nitrogens with one attached hydrogen (secondary N) is 1. The van der Waals surface area contributed by atoms with Gasteiger partial charge in [0.05, 0.1) is 22.3 Å². The number of rotatable bonds is 3. The van der Waals surface area contributed by atoms with Gasteiger partial charge in [0.1, 0.15) is 5.82 Å². The van der Waals surface area contributed by atoms with E-state index in [9.17, 15) is 17.6 Å². The number of hydrogen-bond donors (Lipinski definition) is 1. The molecule has 2 nitrogen and oxygen atoms in total. The second-order valence-corrected chi connectivity index (χ2v) is 6.14. The van der Waals surface area contributed by atoms with E-state index in [1.807, 2.05) is 13.8 Å². The van der Waals surface area contributed by atoms with Crippen LogP contribution in [-0.4, -0.2) is 4.98 Å². The molecule has 0 aliphatic rings. The van der Waals surface area contributed by atoms with Crippen molar-refractivity contribution in [2.24, 2.45) is 0 Å². The van der Waals surface area contributed by atoms with Gasteiger partial charge in [0, 0.05) is 10.6 Å². The van der Waals surface area contributed by atoms with Crippen LogP contribution in [0, 0.1) is 19.7 Å². The molecule has 0 saturated carbocycles. The molecule has 0 aliphatic heterocycles. The minimum atomic E-state index is -4.71. The summed E-state index contributed by atoms with van der Waals surface area (Å²) in [4.78, 5) is 5.36. The molecule has 0 saturated heterocycles. The molecule has 0 bridgehead atoms. The van der Waals surface area contributed by atoms with Crippen LogP contribution in [0.5, 0.6) is 0 Å². The van der Waals surface area contributed by atoms with Crippen LogP contribution in [-0.2, 0) is 6.18 Å². The van der Waals surface area contributed by atoms with Crippen molar-refractivity contribution in [3.8, 4) is 0 Å². The van der Waals surface area contributed by atoms with Crippen molar-refractivity contribution >= 4 is 17.0 Å². The Kier molecular flexibility index (Phi) is 4.22. The molecule has 0 aliphatic carbocycles. The van der Waals surface area contributed by atoms with E-state index in [2.05, 4.69) is 10.3 Å². The van der Waals surface area contributed by atoms with Gasteiger partial charge in [-0.3, -0.25) is 0 Å². The van der Waals surface area contributed by atoms with Crippen molar-refractivity contribution < 1.29 is 17.6 Å². The van der Waals surface area contributed by atoms with Gasteiger partial charge in [0.15, 0.2) is 0 Å². The Labute approximate surface area is 123 Å². The van der Waals surface area contributed by atoms with Gasteiger partial charge in [0.25, 0.3) is 0 Å². The first-order valence-corrected chi connectivity index (χ1v) is 7.07. The van der Waals surface area contributed by atoms with Gasteiger partial charge in [-0.25, -0.2) is 9.37 Å². The maximum Gasteiger partial charge on any atom is 0.419 e. The second-order valence-electron chi connectivity index (χ2n) is 4.73.